The third-order valence-corrected chi connectivity index (χ3v) is 6.56. The normalized spacial score (nSPS) is 11.9. The molecule has 1 N–H and O–H groups in total. The van der Waals surface area contributed by atoms with Crippen molar-refractivity contribution < 1.29 is 14.3 Å². The van der Waals surface area contributed by atoms with Gasteiger partial charge in [-0.3, -0.25) is 4.79 Å². The quantitative estimate of drug-likeness (QED) is 0.154. The van der Waals surface area contributed by atoms with Gasteiger partial charge < -0.3 is 14.8 Å². The Hall–Kier alpha value is -2.73. The molecule has 5 nitrogen and oxygen atoms in total. The molecule has 3 aromatic carbocycles. The van der Waals surface area contributed by atoms with E-state index in [0.29, 0.717) is 33.7 Å². The Morgan fingerprint density at radius 2 is 1.86 bits per heavy atom. The minimum absolute atomic E-state index is 0.00416. The third-order valence-electron chi connectivity index (χ3n) is 5.02. The van der Waals surface area contributed by atoms with E-state index in [1.807, 2.05) is 62.4 Å². The van der Waals surface area contributed by atoms with Gasteiger partial charge >= 0.3 is 0 Å². The van der Waals surface area contributed by atoms with Crippen molar-refractivity contribution in [1.29, 1.82) is 5.26 Å². The van der Waals surface area contributed by atoms with Crippen molar-refractivity contribution in [1.82, 2.24) is 5.32 Å². The van der Waals surface area contributed by atoms with Gasteiger partial charge in [0.15, 0.2) is 11.5 Å². The standard InChI is InChI=1S/C27H23Cl2IN2O3/c1-3-34-25-14-19(11-21(15-31)27(33)32-17(2)20-7-5-4-6-8-20)13-24(30)26(25)35-16-18-9-10-22(28)23(29)12-18/h4-14,17H,3,16H2,1-2H3,(H,32,33)/b21-11-/t17-/m0/s1. The van der Waals surface area contributed by atoms with E-state index in [0.717, 1.165) is 14.7 Å². The van der Waals surface area contributed by atoms with Crippen LogP contribution in [0.1, 0.15) is 36.6 Å². The zero-order valence-electron chi connectivity index (χ0n) is 19.1. The molecule has 0 heterocycles. The number of nitrogens with one attached hydrogen (secondary N) is 1. The van der Waals surface area contributed by atoms with Crippen LogP contribution >= 0.6 is 45.8 Å². The van der Waals surface area contributed by atoms with Gasteiger partial charge in [-0.15, -0.1) is 0 Å². The summed E-state index contributed by atoms with van der Waals surface area (Å²) in [6, 6.07) is 20.2. The van der Waals surface area contributed by atoms with Gasteiger partial charge in [0.25, 0.3) is 5.91 Å². The lowest BCUT2D eigenvalue weighted by Crippen LogP contribution is -2.27. The summed E-state index contributed by atoms with van der Waals surface area (Å²) in [5.41, 5.74) is 2.46. The van der Waals surface area contributed by atoms with E-state index in [-0.39, 0.29) is 18.2 Å². The van der Waals surface area contributed by atoms with Crippen molar-refractivity contribution in [3.05, 3.63) is 96.5 Å². The number of amides is 1. The van der Waals surface area contributed by atoms with Crippen LogP contribution in [0.4, 0.5) is 0 Å². The second-order valence-electron chi connectivity index (χ2n) is 7.58. The average molecular weight is 621 g/mol. The minimum Gasteiger partial charge on any atom is -0.490 e. The largest absolute Gasteiger partial charge is 0.490 e. The number of hydrogen-bond donors (Lipinski definition) is 1. The van der Waals surface area contributed by atoms with Crippen molar-refractivity contribution in [2.75, 3.05) is 6.61 Å². The second kappa shape index (κ2) is 12.8. The molecule has 0 spiro atoms. The van der Waals surface area contributed by atoms with Crippen LogP contribution in [0.5, 0.6) is 11.5 Å². The molecule has 35 heavy (non-hydrogen) atoms. The first kappa shape index (κ1) is 26.9. The lowest BCUT2D eigenvalue weighted by Gasteiger charge is -2.16. The van der Waals surface area contributed by atoms with Gasteiger partial charge in [0.05, 0.1) is 26.3 Å². The van der Waals surface area contributed by atoms with Gasteiger partial charge in [-0.1, -0.05) is 59.6 Å². The van der Waals surface area contributed by atoms with E-state index in [2.05, 4.69) is 27.9 Å². The molecular formula is C27H23Cl2IN2O3. The van der Waals surface area contributed by atoms with Crippen LogP contribution in [0.15, 0.2) is 66.2 Å². The van der Waals surface area contributed by atoms with Crippen LogP contribution in [0.2, 0.25) is 10.0 Å². The maximum Gasteiger partial charge on any atom is 0.262 e. The lowest BCUT2D eigenvalue weighted by molar-refractivity contribution is -0.117. The molecule has 0 aliphatic heterocycles. The minimum atomic E-state index is -0.447. The number of nitriles is 1. The highest BCUT2D eigenvalue weighted by Gasteiger charge is 2.16. The number of hydrogen-bond acceptors (Lipinski definition) is 4. The van der Waals surface area contributed by atoms with Crippen LogP contribution in [-0.4, -0.2) is 12.5 Å². The molecule has 0 aliphatic carbocycles. The summed E-state index contributed by atoms with van der Waals surface area (Å²) in [4.78, 5) is 12.8. The third kappa shape index (κ3) is 7.38. The Labute approximate surface area is 228 Å². The van der Waals surface area contributed by atoms with E-state index in [9.17, 15) is 10.1 Å². The molecule has 0 fully saturated rings. The van der Waals surface area contributed by atoms with Gasteiger partial charge in [0.1, 0.15) is 18.2 Å². The van der Waals surface area contributed by atoms with Gasteiger partial charge in [-0.05, 0) is 83.5 Å². The fraction of sp³-hybridized carbons (Fsp3) is 0.185. The Morgan fingerprint density at radius 1 is 1.11 bits per heavy atom. The number of carbonyl (C=O) groups is 1. The molecular weight excluding hydrogens is 598 g/mol. The Kier molecular flexibility index (Phi) is 9.84. The summed E-state index contributed by atoms with van der Waals surface area (Å²) in [5, 5.41) is 13.4. The molecule has 3 rings (SSSR count). The zero-order valence-corrected chi connectivity index (χ0v) is 22.8. The molecule has 0 aliphatic rings. The van der Waals surface area contributed by atoms with Crippen LogP contribution in [-0.2, 0) is 11.4 Å². The summed E-state index contributed by atoms with van der Waals surface area (Å²) in [6.45, 7) is 4.44. The Morgan fingerprint density at radius 3 is 2.51 bits per heavy atom. The topological polar surface area (TPSA) is 71.3 Å². The molecule has 180 valence electrons. The van der Waals surface area contributed by atoms with Crippen molar-refractivity contribution in [2.24, 2.45) is 0 Å². The number of ether oxygens (including phenoxy) is 2. The van der Waals surface area contributed by atoms with Crippen molar-refractivity contribution >= 4 is 57.8 Å². The van der Waals surface area contributed by atoms with Gasteiger partial charge in [0.2, 0.25) is 0 Å². The van der Waals surface area contributed by atoms with E-state index in [1.54, 1.807) is 24.3 Å². The van der Waals surface area contributed by atoms with Crippen molar-refractivity contribution in [2.45, 2.75) is 26.5 Å². The fourth-order valence-electron chi connectivity index (χ4n) is 3.27. The molecule has 0 aromatic heterocycles. The fourth-order valence-corrected chi connectivity index (χ4v) is 4.38. The molecule has 3 aromatic rings. The van der Waals surface area contributed by atoms with Crippen LogP contribution in [0.25, 0.3) is 6.08 Å². The van der Waals surface area contributed by atoms with Crippen molar-refractivity contribution in [3.8, 4) is 17.6 Å². The molecule has 0 saturated carbocycles. The summed E-state index contributed by atoms with van der Waals surface area (Å²) in [7, 11) is 0. The first-order valence-electron chi connectivity index (χ1n) is 10.8. The summed E-state index contributed by atoms with van der Waals surface area (Å²) < 4.78 is 12.6. The second-order valence-corrected chi connectivity index (χ2v) is 9.55. The number of nitrogens with zero attached hydrogens (tertiary/aromatic N) is 1. The van der Waals surface area contributed by atoms with Crippen molar-refractivity contribution in [3.63, 3.8) is 0 Å². The van der Waals surface area contributed by atoms with Gasteiger partial charge in [-0.2, -0.15) is 5.26 Å². The molecule has 8 heteroatoms. The highest BCUT2D eigenvalue weighted by atomic mass is 127. The summed E-state index contributed by atoms with van der Waals surface area (Å²) in [5.74, 6) is 0.633. The summed E-state index contributed by atoms with van der Waals surface area (Å²) >= 11 is 14.2. The van der Waals surface area contributed by atoms with Gasteiger partial charge in [0, 0.05) is 0 Å². The molecule has 0 saturated heterocycles. The molecule has 0 radical (unpaired) electrons. The lowest BCUT2D eigenvalue weighted by atomic mass is 10.1. The molecule has 0 unspecified atom stereocenters. The predicted molar refractivity (Wildman–Crippen MR) is 148 cm³/mol. The molecule has 0 bridgehead atoms. The SMILES string of the molecule is CCOc1cc(/C=C(/C#N)C(=O)N[C@@H](C)c2ccccc2)cc(I)c1OCc1ccc(Cl)c(Cl)c1. The maximum absolute atomic E-state index is 12.8. The Bertz CT molecular complexity index is 1270. The number of carbonyl (C=O) groups excluding carboxylic acids is 1. The highest BCUT2D eigenvalue weighted by molar-refractivity contribution is 14.1. The predicted octanol–water partition coefficient (Wildman–Crippen LogP) is 7.36. The number of halogens is 3. The maximum atomic E-state index is 12.8. The van der Waals surface area contributed by atoms with E-state index >= 15 is 0 Å². The molecule has 1 amide bonds. The average Bonchev–Trinajstić information content (AvgIpc) is 2.84. The Balaban J connectivity index is 1.82. The van der Waals surface area contributed by atoms with Crippen LogP contribution < -0.4 is 14.8 Å². The van der Waals surface area contributed by atoms with Gasteiger partial charge in [-0.25, -0.2) is 0 Å². The number of rotatable bonds is 9. The zero-order chi connectivity index (χ0) is 25.4. The van der Waals surface area contributed by atoms with Crippen LogP contribution in [0, 0.1) is 14.9 Å². The number of benzene rings is 3. The first-order valence-corrected chi connectivity index (χ1v) is 12.7. The molecule has 1 atom stereocenters. The van der Waals surface area contributed by atoms with E-state index in [1.165, 1.54) is 0 Å². The highest BCUT2D eigenvalue weighted by Crippen LogP contribution is 2.36. The smallest absolute Gasteiger partial charge is 0.262 e. The van der Waals surface area contributed by atoms with E-state index in [4.69, 9.17) is 32.7 Å². The monoisotopic (exact) mass is 620 g/mol. The van der Waals surface area contributed by atoms with Crippen LogP contribution in [0.3, 0.4) is 0 Å². The van der Waals surface area contributed by atoms with E-state index < -0.39 is 5.91 Å². The first-order chi connectivity index (χ1) is 16.8. The summed E-state index contributed by atoms with van der Waals surface area (Å²) in [6.07, 6.45) is 1.54.